The van der Waals surface area contributed by atoms with Gasteiger partial charge in [0, 0.05) is 23.0 Å². The van der Waals surface area contributed by atoms with Gasteiger partial charge in [0.05, 0.1) is 0 Å². The average Bonchev–Trinajstić information content (AvgIpc) is 3.01. The summed E-state index contributed by atoms with van der Waals surface area (Å²) in [6.45, 7) is 10.5. The summed E-state index contributed by atoms with van der Waals surface area (Å²) in [5, 5.41) is 7.57. The molecule has 9 heteroatoms. The molecule has 0 atom stereocenters. The molecule has 2 heterocycles. The van der Waals surface area contributed by atoms with Crippen LogP contribution in [0, 0.1) is 27.7 Å². The van der Waals surface area contributed by atoms with E-state index in [4.69, 9.17) is 22.5 Å². The molecule has 0 bridgehead atoms. The molecule has 2 aromatic heterocycles. The van der Waals surface area contributed by atoms with Crippen molar-refractivity contribution in [1.29, 1.82) is 0 Å². The summed E-state index contributed by atoms with van der Waals surface area (Å²) in [7, 11) is -4.67. The fraction of sp³-hybridized carbons (Fsp3) is 0.316. The minimum Gasteiger partial charge on any atom is -0.264 e. The number of nitrogens with zero attached hydrogens (tertiary/aromatic N) is 3. The second-order valence-electron chi connectivity index (χ2n) is 6.57. The average molecular weight is 404 g/mol. The summed E-state index contributed by atoms with van der Waals surface area (Å²) in [6.07, 6.45) is 2.84. The number of aromatic amines is 1. The number of benzene rings is 1. The van der Waals surface area contributed by atoms with Gasteiger partial charge in [-0.05, 0) is 56.9 Å². The Bertz CT molecular complexity index is 1060. The van der Waals surface area contributed by atoms with Gasteiger partial charge in [-0.1, -0.05) is 24.6 Å². The van der Waals surface area contributed by atoms with Crippen LogP contribution >= 0.6 is 0 Å². The molecule has 0 amide bonds. The van der Waals surface area contributed by atoms with Crippen molar-refractivity contribution >= 4 is 10.4 Å². The Morgan fingerprint density at radius 1 is 1.04 bits per heavy atom. The Morgan fingerprint density at radius 3 is 2.14 bits per heavy atom. The van der Waals surface area contributed by atoms with E-state index in [1.165, 1.54) is 22.3 Å². The Morgan fingerprint density at radius 2 is 1.61 bits per heavy atom. The highest BCUT2D eigenvalue weighted by molar-refractivity contribution is 7.79. The van der Waals surface area contributed by atoms with Crippen molar-refractivity contribution in [3.8, 4) is 22.8 Å². The standard InChI is InChI=1S/C19H22N4.H2O4S/c1-6-15-10-20-14(5)9-16(15)18-21-19(23-22-18)17-12(3)7-11(2)8-13(17)4;1-5(2,3)4/h7-10H,6H2,1-5H3,(H,21,22,23);(H2,1,2,3,4). The molecular weight excluding hydrogens is 380 g/mol. The molecule has 0 spiro atoms. The molecule has 0 aliphatic heterocycles. The SMILES string of the molecule is CCc1cnc(C)cc1-c1nc(-c2c(C)cc(C)cc2C)n[nH]1.O=S(=O)(O)O. The number of nitrogens with one attached hydrogen (secondary N) is 1. The minimum atomic E-state index is -4.67. The van der Waals surface area contributed by atoms with Crippen molar-refractivity contribution in [2.45, 2.75) is 41.0 Å². The molecule has 0 radical (unpaired) electrons. The van der Waals surface area contributed by atoms with Gasteiger partial charge in [0.2, 0.25) is 0 Å². The first-order chi connectivity index (χ1) is 13.0. The summed E-state index contributed by atoms with van der Waals surface area (Å²) in [5.41, 5.74) is 8.03. The van der Waals surface area contributed by atoms with Crippen molar-refractivity contribution in [3.05, 3.63) is 52.3 Å². The van der Waals surface area contributed by atoms with Gasteiger partial charge < -0.3 is 0 Å². The minimum absolute atomic E-state index is 0.756. The van der Waals surface area contributed by atoms with Crippen LogP contribution in [0.3, 0.4) is 0 Å². The van der Waals surface area contributed by atoms with E-state index in [-0.39, 0.29) is 0 Å². The van der Waals surface area contributed by atoms with Gasteiger partial charge in [-0.15, -0.1) is 0 Å². The fourth-order valence-electron chi connectivity index (χ4n) is 3.12. The van der Waals surface area contributed by atoms with Crippen molar-refractivity contribution in [3.63, 3.8) is 0 Å². The Labute approximate surface area is 164 Å². The topological polar surface area (TPSA) is 129 Å². The highest BCUT2D eigenvalue weighted by atomic mass is 32.3. The summed E-state index contributed by atoms with van der Waals surface area (Å²) < 4.78 is 31.6. The lowest BCUT2D eigenvalue weighted by molar-refractivity contribution is 0.381. The summed E-state index contributed by atoms with van der Waals surface area (Å²) in [5.74, 6) is 1.56. The van der Waals surface area contributed by atoms with Crippen LogP contribution in [0.4, 0.5) is 0 Å². The zero-order chi connectivity index (χ0) is 21.1. The Kier molecular flexibility index (Phi) is 6.65. The largest absolute Gasteiger partial charge is 0.394 e. The molecule has 3 rings (SSSR count). The lowest BCUT2D eigenvalue weighted by atomic mass is 9.99. The molecule has 0 saturated heterocycles. The van der Waals surface area contributed by atoms with E-state index in [9.17, 15) is 0 Å². The number of hydrogen-bond acceptors (Lipinski definition) is 5. The molecule has 3 N–H and O–H groups in total. The predicted octanol–water partition coefficient (Wildman–Crippen LogP) is 3.68. The van der Waals surface area contributed by atoms with E-state index in [1.807, 2.05) is 13.1 Å². The fourth-order valence-corrected chi connectivity index (χ4v) is 3.12. The zero-order valence-corrected chi connectivity index (χ0v) is 17.3. The predicted molar refractivity (Wildman–Crippen MR) is 108 cm³/mol. The van der Waals surface area contributed by atoms with E-state index < -0.39 is 10.4 Å². The smallest absolute Gasteiger partial charge is 0.264 e. The molecule has 28 heavy (non-hydrogen) atoms. The molecule has 8 nitrogen and oxygen atoms in total. The maximum absolute atomic E-state index is 8.74. The van der Waals surface area contributed by atoms with Gasteiger partial charge in [0.1, 0.15) is 0 Å². The molecule has 1 aromatic carbocycles. The highest BCUT2D eigenvalue weighted by Gasteiger charge is 2.15. The first-order valence-corrected chi connectivity index (χ1v) is 10.1. The summed E-state index contributed by atoms with van der Waals surface area (Å²) >= 11 is 0. The lowest BCUT2D eigenvalue weighted by Gasteiger charge is -2.08. The van der Waals surface area contributed by atoms with Crippen LogP contribution in [0.25, 0.3) is 22.8 Å². The third-order valence-corrected chi connectivity index (χ3v) is 4.15. The number of rotatable bonds is 3. The van der Waals surface area contributed by atoms with Crippen LogP contribution in [-0.2, 0) is 16.8 Å². The van der Waals surface area contributed by atoms with Gasteiger partial charge >= 0.3 is 10.4 Å². The zero-order valence-electron chi connectivity index (χ0n) is 16.5. The van der Waals surface area contributed by atoms with Crippen LogP contribution in [0.5, 0.6) is 0 Å². The number of aromatic nitrogens is 4. The van der Waals surface area contributed by atoms with Crippen LogP contribution in [-0.4, -0.2) is 37.7 Å². The quantitative estimate of drug-likeness (QED) is 0.568. The number of H-pyrrole nitrogens is 1. The van der Waals surface area contributed by atoms with Gasteiger partial charge in [0.25, 0.3) is 0 Å². The third kappa shape index (κ3) is 5.69. The van der Waals surface area contributed by atoms with Gasteiger partial charge in [-0.3, -0.25) is 19.2 Å². The Hall–Kier alpha value is -2.62. The first-order valence-electron chi connectivity index (χ1n) is 8.66. The Balaban J connectivity index is 0.000000500. The van der Waals surface area contributed by atoms with Gasteiger partial charge in [0.15, 0.2) is 11.6 Å². The van der Waals surface area contributed by atoms with Crippen molar-refractivity contribution in [2.24, 2.45) is 0 Å². The second-order valence-corrected chi connectivity index (χ2v) is 7.46. The van der Waals surface area contributed by atoms with E-state index in [2.05, 4.69) is 61.1 Å². The molecule has 0 saturated carbocycles. The number of hydrogen-bond donors (Lipinski definition) is 3. The van der Waals surface area contributed by atoms with E-state index in [1.54, 1.807) is 0 Å². The molecule has 0 unspecified atom stereocenters. The first kappa shape index (κ1) is 21.7. The van der Waals surface area contributed by atoms with Gasteiger partial charge in [-0.25, -0.2) is 4.98 Å². The maximum Gasteiger partial charge on any atom is 0.394 e. The number of aryl methyl sites for hydroxylation is 5. The third-order valence-electron chi connectivity index (χ3n) is 4.15. The monoisotopic (exact) mass is 404 g/mol. The molecule has 150 valence electrons. The van der Waals surface area contributed by atoms with Crippen LogP contribution in [0.15, 0.2) is 24.4 Å². The summed E-state index contributed by atoms with van der Waals surface area (Å²) in [4.78, 5) is 9.13. The normalized spacial score (nSPS) is 11.1. The molecule has 0 aliphatic rings. The summed E-state index contributed by atoms with van der Waals surface area (Å²) in [6, 6.07) is 6.41. The van der Waals surface area contributed by atoms with Crippen molar-refractivity contribution in [1.82, 2.24) is 20.2 Å². The van der Waals surface area contributed by atoms with Crippen molar-refractivity contribution in [2.75, 3.05) is 0 Å². The van der Waals surface area contributed by atoms with E-state index in [0.717, 1.165) is 34.9 Å². The molecule has 3 aromatic rings. The maximum atomic E-state index is 8.74. The van der Waals surface area contributed by atoms with Gasteiger partial charge in [-0.2, -0.15) is 13.5 Å². The molecular formula is C19H24N4O4S. The molecule has 0 aliphatic carbocycles. The van der Waals surface area contributed by atoms with E-state index in [0.29, 0.717) is 0 Å². The second kappa shape index (κ2) is 8.59. The van der Waals surface area contributed by atoms with E-state index >= 15 is 0 Å². The highest BCUT2D eigenvalue weighted by Crippen LogP contribution is 2.28. The van der Waals surface area contributed by atoms with Crippen LogP contribution < -0.4 is 0 Å². The number of pyridine rings is 1. The molecule has 0 fully saturated rings. The van der Waals surface area contributed by atoms with Crippen LogP contribution in [0.1, 0.15) is 34.9 Å². The van der Waals surface area contributed by atoms with Crippen LogP contribution in [0.2, 0.25) is 0 Å². The van der Waals surface area contributed by atoms with Crippen molar-refractivity contribution < 1.29 is 17.5 Å². The lowest BCUT2D eigenvalue weighted by Crippen LogP contribution is -1.94.